The van der Waals surface area contributed by atoms with E-state index in [9.17, 15) is 44.1 Å². The minimum atomic E-state index is -0.471. The van der Waals surface area contributed by atoms with Crippen molar-refractivity contribution in [2.75, 3.05) is 0 Å². The van der Waals surface area contributed by atoms with E-state index in [1.165, 1.54) is 59.7 Å². The van der Waals surface area contributed by atoms with Gasteiger partial charge in [-0.15, -0.1) is 0 Å². The van der Waals surface area contributed by atoms with E-state index < -0.39 is 23.9 Å². The Kier molecular flexibility index (Phi) is 19.8. The number of carbonyl (C=O) groups excluding carboxylic acids is 6. The highest BCUT2D eigenvalue weighted by Crippen LogP contribution is 2.27. The molecule has 3 N–H and O–H groups in total. The Balaban J connectivity index is 0.000000227. The van der Waals surface area contributed by atoms with E-state index in [1.807, 2.05) is 18.2 Å². The minimum absolute atomic E-state index is 0.00913. The molecule has 6 rings (SSSR count). The number of phenols is 3. The average Bonchev–Trinajstić information content (AvgIpc) is 3.24. The van der Waals surface area contributed by atoms with Gasteiger partial charge in [0, 0.05) is 59.7 Å². The smallest absolute Gasteiger partial charge is 0.308 e. The molecule has 0 fully saturated rings. The van der Waals surface area contributed by atoms with Crippen LogP contribution in [0.15, 0.2) is 127 Å². The monoisotopic (exact) mass is 936 g/mol. The standard InChI is InChI=1S/C20H18O6.C18H16O5.C16H14O4/c1-13(21)24-18-8-6-16(7-9-18)4-5-17-10-19(25-14(2)22)12-20(11-17)26-15(3)23;1-12(19)22-17-9-15(10-18(11-17)23-13(2)20)4-3-14-5-7-16(21)8-6-14;1-11(17)20-16-6-4-12(5-7-16)2-3-13-8-14(18)10-15(19)9-13/h4-12H,1-3H3;3-11,21H,1-2H3;2-10,18-19H,1H3/b5-4+;4-3+;3-2+. The minimum Gasteiger partial charge on any atom is -0.508 e. The van der Waals surface area contributed by atoms with Crippen LogP contribution < -0.4 is 28.4 Å². The van der Waals surface area contributed by atoms with Gasteiger partial charge in [-0.2, -0.15) is 0 Å². The van der Waals surface area contributed by atoms with Crippen molar-refractivity contribution >= 4 is 72.3 Å². The summed E-state index contributed by atoms with van der Waals surface area (Å²) in [4.78, 5) is 66.2. The Bertz CT molecular complexity index is 2770. The summed E-state index contributed by atoms with van der Waals surface area (Å²) >= 11 is 0. The zero-order valence-corrected chi connectivity index (χ0v) is 38.3. The predicted molar refractivity (Wildman–Crippen MR) is 258 cm³/mol. The van der Waals surface area contributed by atoms with Gasteiger partial charge >= 0.3 is 35.8 Å². The number of hydrogen-bond acceptors (Lipinski definition) is 15. The molecule has 6 aromatic rings. The van der Waals surface area contributed by atoms with Gasteiger partial charge in [0.25, 0.3) is 0 Å². The largest absolute Gasteiger partial charge is 0.508 e. The van der Waals surface area contributed by atoms with Gasteiger partial charge in [-0.3, -0.25) is 28.8 Å². The summed E-state index contributed by atoms with van der Waals surface area (Å²) in [5, 5.41) is 28.0. The second-order valence-corrected chi connectivity index (χ2v) is 14.5. The van der Waals surface area contributed by atoms with E-state index in [0.717, 1.165) is 16.7 Å². The molecular weight excluding hydrogens is 889 g/mol. The number of hydrogen-bond donors (Lipinski definition) is 3. The molecule has 0 bridgehead atoms. The summed E-state index contributed by atoms with van der Waals surface area (Å²) in [6, 6.07) is 34.5. The first kappa shape index (κ1) is 52.4. The van der Waals surface area contributed by atoms with E-state index in [4.69, 9.17) is 28.4 Å². The first-order valence-electron chi connectivity index (χ1n) is 20.7. The zero-order chi connectivity index (χ0) is 50.5. The van der Waals surface area contributed by atoms with Crippen LogP contribution in [0.25, 0.3) is 36.5 Å². The maximum Gasteiger partial charge on any atom is 0.308 e. The van der Waals surface area contributed by atoms with Crippen molar-refractivity contribution in [2.45, 2.75) is 41.5 Å². The topological polar surface area (TPSA) is 218 Å². The Morgan fingerprint density at radius 1 is 0.275 bits per heavy atom. The fraction of sp³-hybridized carbons (Fsp3) is 0.111. The second kappa shape index (κ2) is 26.0. The second-order valence-electron chi connectivity index (χ2n) is 14.5. The van der Waals surface area contributed by atoms with Crippen molar-refractivity contribution in [3.8, 4) is 51.7 Å². The summed E-state index contributed by atoms with van der Waals surface area (Å²) in [5.41, 5.74) is 4.73. The number of carbonyl (C=O) groups is 6. The van der Waals surface area contributed by atoms with Crippen molar-refractivity contribution in [2.24, 2.45) is 0 Å². The molecule has 0 saturated heterocycles. The van der Waals surface area contributed by atoms with E-state index >= 15 is 0 Å². The van der Waals surface area contributed by atoms with Crippen molar-refractivity contribution < 1.29 is 72.5 Å². The first-order valence-corrected chi connectivity index (χ1v) is 20.7. The van der Waals surface area contributed by atoms with E-state index in [-0.39, 0.29) is 40.7 Å². The number of ether oxygens (including phenoxy) is 6. The summed E-state index contributed by atoms with van der Waals surface area (Å²) in [6.45, 7) is 7.86. The Morgan fingerprint density at radius 2 is 0.507 bits per heavy atom. The van der Waals surface area contributed by atoms with Crippen molar-refractivity contribution in [3.05, 3.63) is 161 Å². The lowest BCUT2D eigenvalue weighted by Gasteiger charge is -2.07. The maximum atomic E-state index is 11.2. The van der Waals surface area contributed by atoms with Gasteiger partial charge in [0.15, 0.2) is 0 Å². The van der Waals surface area contributed by atoms with Crippen LogP contribution in [0.3, 0.4) is 0 Å². The van der Waals surface area contributed by atoms with Crippen LogP contribution in [0.2, 0.25) is 0 Å². The summed E-state index contributed by atoms with van der Waals surface area (Å²) in [6.07, 6.45) is 10.8. The third-order valence-corrected chi connectivity index (χ3v) is 8.36. The van der Waals surface area contributed by atoms with Gasteiger partial charge in [-0.1, -0.05) is 72.9 Å². The molecule has 0 aliphatic heterocycles. The highest BCUT2D eigenvalue weighted by atomic mass is 16.6. The molecule has 354 valence electrons. The van der Waals surface area contributed by atoms with Crippen molar-refractivity contribution in [1.29, 1.82) is 0 Å². The van der Waals surface area contributed by atoms with Gasteiger partial charge in [-0.25, -0.2) is 0 Å². The summed E-state index contributed by atoms with van der Waals surface area (Å²) in [7, 11) is 0. The SMILES string of the molecule is CC(=O)Oc1cc(/C=C/c2ccc(O)cc2)cc(OC(C)=O)c1.CC(=O)Oc1ccc(/C=C/c2cc(O)cc(O)c2)cc1.CC(=O)Oc1ccc(/C=C/c2cc(OC(C)=O)cc(OC(C)=O)c2)cc1. The first-order chi connectivity index (χ1) is 32.8. The van der Waals surface area contributed by atoms with Gasteiger partial charge in [0.2, 0.25) is 0 Å². The lowest BCUT2D eigenvalue weighted by molar-refractivity contribution is -0.133. The molecule has 0 aliphatic rings. The molecule has 6 aromatic carbocycles. The fourth-order valence-corrected chi connectivity index (χ4v) is 5.78. The number of rotatable bonds is 12. The Labute approximate surface area is 397 Å². The van der Waals surface area contributed by atoms with E-state index in [0.29, 0.717) is 39.7 Å². The molecule has 0 aliphatic carbocycles. The molecule has 0 radical (unpaired) electrons. The lowest BCUT2D eigenvalue weighted by Crippen LogP contribution is -2.04. The molecule has 15 heteroatoms. The van der Waals surface area contributed by atoms with Crippen LogP contribution in [0.4, 0.5) is 0 Å². The third kappa shape index (κ3) is 20.6. The molecule has 0 heterocycles. The van der Waals surface area contributed by atoms with E-state index in [1.54, 1.807) is 127 Å². The number of benzene rings is 6. The van der Waals surface area contributed by atoms with Crippen molar-refractivity contribution in [3.63, 3.8) is 0 Å². The molecule has 15 nitrogen and oxygen atoms in total. The van der Waals surface area contributed by atoms with Crippen LogP contribution in [-0.2, 0) is 28.8 Å². The fourth-order valence-electron chi connectivity index (χ4n) is 5.78. The van der Waals surface area contributed by atoms with Gasteiger partial charge in [-0.05, 0) is 106 Å². The molecule has 69 heavy (non-hydrogen) atoms. The molecule has 0 atom stereocenters. The Hall–Kier alpha value is -9.24. The molecule has 0 saturated carbocycles. The average molecular weight is 937 g/mol. The summed E-state index contributed by atoms with van der Waals surface area (Å²) < 4.78 is 30.1. The van der Waals surface area contributed by atoms with E-state index in [2.05, 4.69) is 0 Å². The molecule has 0 spiro atoms. The van der Waals surface area contributed by atoms with Gasteiger partial charge in [0.05, 0.1) is 0 Å². The number of phenolic OH excluding ortho intramolecular Hbond substituents is 3. The zero-order valence-electron chi connectivity index (χ0n) is 38.3. The quantitative estimate of drug-likeness (QED) is 0.0590. The highest BCUT2D eigenvalue weighted by Gasteiger charge is 2.08. The Morgan fingerprint density at radius 3 is 0.783 bits per heavy atom. The van der Waals surface area contributed by atoms with Crippen molar-refractivity contribution in [1.82, 2.24) is 0 Å². The predicted octanol–water partition coefficient (Wildman–Crippen LogP) is 10.2. The molecule has 0 amide bonds. The normalized spacial score (nSPS) is 10.5. The van der Waals surface area contributed by atoms with Crippen LogP contribution in [-0.4, -0.2) is 51.1 Å². The summed E-state index contributed by atoms with van der Waals surface area (Å²) in [5.74, 6) is -0.296. The molecular formula is C54H48O15. The van der Waals surface area contributed by atoms with Crippen LogP contribution in [0.5, 0.6) is 51.7 Å². The lowest BCUT2D eigenvalue weighted by atomic mass is 10.1. The third-order valence-electron chi connectivity index (χ3n) is 8.36. The van der Waals surface area contributed by atoms with Crippen LogP contribution >= 0.6 is 0 Å². The molecule has 0 unspecified atom stereocenters. The van der Waals surface area contributed by atoms with Crippen LogP contribution in [0, 0.1) is 0 Å². The highest BCUT2D eigenvalue weighted by molar-refractivity contribution is 5.77. The maximum absolute atomic E-state index is 11.2. The number of esters is 6. The van der Waals surface area contributed by atoms with Gasteiger partial charge < -0.3 is 43.7 Å². The van der Waals surface area contributed by atoms with Gasteiger partial charge in [0.1, 0.15) is 51.7 Å². The van der Waals surface area contributed by atoms with Crippen LogP contribution in [0.1, 0.15) is 74.9 Å². The number of aromatic hydroxyl groups is 3. The molecule has 0 aromatic heterocycles.